The first-order valence-corrected chi connectivity index (χ1v) is 12.1. The van der Waals surface area contributed by atoms with E-state index in [2.05, 4.69) is 126 Å². The molecule has 0 heteroatoms. The summed E-state index contributed by atoms with van der Waals surface area (Å²) in [5.74, 6) is 0. The zero-order valence-electron chi connectivity index (χ0n) is 20.8. The Bertz CT molecular complexity index is 1230. The summed E-state index contributed by atoms with van der Waals surface area (Å²) >= 11 is 0. The Morgan fingerprint density at radius 2 is 0.758 bits per heavy atom. The van der Waals surface area contributed by atoms with Crippen LogP contribution in [0.15, 0.2) is 84.9 Å². The first kappa shape index (κ1) is 21.7. The highest BCUT2D eigenvalue weighted by molar-refractivity contribution is 5.94. The van der Waals surface area contributed by atoms with E-state index in [1.54, 1.807) is 0 Å². The van der Waals surface area contributed by atoms with E-state index in [0.717, 1.165) is 6.42 Å². The Balaban J connectivity index is 1.88. The van der Waals surface area contributed by atoms with Crippen molar-refractivity contribution in [1.29, 1.82) is 0 Å². The van der Waals surface area contributed by atoms with E-state index in [9.17, 15) is 0 Å². The summed E-state index contributed by atoms with van der Waals surface area (Å²) in [4.78, 5) is 0. The number of rotatable bonds is 0. The van der Waals surface area contributed by atoms with Crippen LogP contribution in [0.25, 0.3) is 33.4 Å². The van der Waals surface area contributed by atoms with Crippen LogP contribution < -0.4 is 0 Å². The third-order valence-electron chi connectivity index (χ3n) is 7.06. The molecule has 0 aliphatic heterocycles. The van der Waals surface area contributed by atoms with Crippen molar-refractivity contribution in [3.8, 4) is 33.4 Å². The molecule has 4 aromatic carbocycles. The highest BCUT2D eigenvalue weighted by Gasteiger charge is 2.23. The summed E-state index contributed by atoms with van der Waals surface area (Å²) < 4.78 is 0. The normalized spacial score (nSPS) is 13.0. The van der Waals surface area contributed by atoms with Gasteiger partial charge in [0.1, 0.15) is 0 Å². The quantitative estimate of drug-likeness (QED) is 0.230. The molecule has 0 radical (unpaired) electrons. The third-order valence-corrected chi connectivity index (χ3v) is 7.06. The Morgan fingerprint density at radius 1 is 0.424 bits per heavy atom. The van der Waals surface area contributed by atoms with Gasteiger partial charge in [0.15, 0.2) is 0 Å². The van der Waals surface area contributed by atoms with Gasteiger partial charge >= 0.3 is 0 Å². The van der Waals surface area contributed by atoms with Crippen molar-refractivity contribution in [3.05, 3.63) is 107 Å². The molecule has 4 aromatic rings. The van der Waals surface area contributed by atoms with Gasteiger partial charge < -0.3 is 0 Å². The summed E-state index contributed by atoms with van der Waals surface area (Å²) in [5.41, 5.74) is 13.8. The Labute approximate surface area is 199 Å². The lowest BCUT2D eigenvalue weighted by Gasteiger charge is -2.23. The fraction of sp³-hybridized carbons (Fsp3) is 0.273. The van der Waals surface area contributed by atoms with E-state index in [1.165, 1.54) is 55.6 Å². The minimum atomic E-state index is 0.111. The lowest BCUT2D eigenvalue weighted by Crippen LogP contribution is -2.12. The maximum absolute atomic E-state index is 2.44. The molecule has 0 bridgehead atoms. The monoisotopic (exact) mass is 430 g/mol. The predicted octanol–water partition coefficient (Wildman–Crippen LogP) is 9.19. The lowest BCUT2D eigenvalue weighted by molar-refractivity contribution is 0.590. The van der Waals surface area contributed by atoms with E-state index in [0.29, 0.717) is 0 Å². The standard InChI is InChI=1S/C33H34/c1-32(2,3)24-17-15-22-19-23-16-18-25(33(4,5)6)21-31(23)29-14-10-8-12-27(29)26-11-7-9-13-28(26)30(22)20-24/h7-18,20-21H,19H2,1-6H3. The zero-order valence-corrected chi connectivity index (χ0v) is 20.8. The fourth-order valence-corrected chi connectivity index (χ4v) is 5.01. The molecule has 0 saturated heterocycles. The largest absolute Gasteiger partial charge is 0.0616 e. The molecule has 0 heterocycles. The molecule has 166 valence electrons. The van der Waals surface area contributed by atoms with Gasteiger partial charge in [0.05, 0.1) is 0 Å². The van der Waals surface area contributed by atoms with E-state index >= 15 is 0 Å². The van der Waals surface area contributed by atoms with Gasteiger partial charge in [-0.2, -0.15) is 0 Å². The van der Waals surface area contributed by atoms with Gasteiger partial charge in [-0.3, -0.25) is 0 Å². The van der Waals surface area contributed by atoms with Gasteiger partial charge in [0.2, 0.25) is 0 Å². The minimum Gasteiger partial charge on any atom is -0.0616 e. The maximum Gasteiger partial charge on any atom is -0.00134 e. The molecule has 0 unspecified atom stereocenters. The van der Waals surface area contributed by atoms with Crippen molar-refractivity contribution in [2.24, 2.45) is 0 Å². The molecule has 33 heavy (non-hydrogen) atoms. The van der Waals surface area contributed by atoms with Gasteiger partial charge in [-0.25, -0.2) is 0 Å². The Kier molecular flexibility index (Phi) is 5.09. The van der Waals surface area contributed by atoms with Crippen molar-refractivity contribution >= 4 is 0 Å². The Morgan fingerprint density at radius 3 is 1.09 bits per heavy atom. The van der Waals surface area contributed by atoms with E-state index in [4.69, 9.17) is 0 Å². The smallest absolute Gasteiger partial charge is 0.00134 e. The first-order chi connectivity index (χ1) is 15.6. The number of hydrogen-bond acceptors (Lipinski definition) is 0. The molecule has 0 nitrogen and oxygen atoms in total. The summed E-state index contributed by atoms with van der Waals surface area (Å²) in [6.45, 7) is 13.8. The van der Waals surface area contributed by atoms with Gasteiger partial charge in [-0.05, 0) is 72.9 Å². The van der Waals surface area contributed by atoms with Gasteiger partial charge in [-0.15, -0.1) is 0 Å². The second-order valence-corrected chi connectivity index (χ2v) is 11.5. The molecule has 5 rings (SSSR count). The van der Waals surface area contributed by atoms with E-state index in [-0.39, 0.29) is 10.8 Å². The van der Waals surface area contributed by atoms with E-state index in [1.807, 2.05) is 0 Å². The predicted molar refractivity (Wildman–Crippen MR) is 143 cm³/mol. The van der Waals surface area contributed by atoms with Crippen LogP contribution >= 0.6 is 0 Å². The second kappa shape index (κ2) is 7.73. The van der Waals surface area contributed by atoms with Crippen LogP contribution in [0.4, 0.5) is 0 Å². The summed E-state index contributed by atoms with van der Waals surface area (Å²) in [5, 5.41) is 0. The molecular formula is C33H34. The highest BCUT2D eigenvalue weighted by Crippen LogP contribution is 2.44. The van der Waals surface area contributed by atoms with Gasteiger partial charge in [-0.1, -0.05) is 126 Å². The van der Waals surface area contributed by atoms with Gasteiger partial charge in [0.25, 0.3) is 0 Å². The van der Waals surface area contributed by atoms with Crippen molar-refractivity contribution < 1.29 is 0 Å². The lowest BCUT2D eigenvalue weighted by atomic mass is 9.82. The summed E-state index contributed by atoms with van der Waals surface area (Å²) in [6.07, 6.45) is 0.933. The first-order valence-electron chi connectivity index (χ1n) is 12.1. The zero-order chi connectivity index (χ0) is 23.4. The molecule has 0 atom stereocenters. The molecule has 1 aliphatic carbocycles. The van der Waals surface area contributed by atoms with Crippen LogP contribution in [-0.4, -0.2) is 0 Å². The molecule has 0 aromatic heterocycles. The summed E-state index contributed by atoms with van der Waals surface area (Å²) in [7, 11) is 0. The molecule has 1 aliphatic rings. The van der Waals surface area contributed by atoms with Crippen LogP contribution in [-0.2, 0) is 17.3 Å². The maximum atomic E-state index is 2.44. The molecule has 0 saturated carbocycles. The number of benzene rings is 4. The number of hydrogen-bond donors (Lipinski definition) is 0. The SMILES string of the molecule is CC(C)(C)c1ccc2c(c1)-c1ccccc1-c1ccccc1-c1cc(C(C)(C)C)ccc1C2. The van der Waals surface area contributed by atoms with Crippen LogP contribution in [0.1, 0.15) is 63.8 Å². The Hall–Kier alpha value is -3.12. The second-order valence-electron chi connectivity index (χ2n) is 11.5. The molecule has 0 spiro atoms. The molecular weight excluding hydrogens is 396 g/mol. The van der Waals surface area contributed by atoms with Crippen molar-refractivity contribution in [2.45, 2.75) is 58.8 Å². The third kappa shape index (κ3) is 3.93. The van der Waals surface area contributed by atoms with Crippen LogP contribution in [0.2, 0.25) is 0 Å². The van der Waals surface area contributed by atoms with Gasteiger partial charge in [0, 0.05) is 0 Å². The average Bonchev–Trinajstić information content (AvgIpc) is 2.82. The molecule has 0 fully saturated rings. The van der Waals surface area contributed by atoms with Crippen LogP contribution in [0.5, 0.6) is 0 Å². The van der Waals surface area contributed by atoms with E-state index < -0.39 is 0 Å². The highest BCUT2D eigenvalue weighted by atomic mass is 14.3. The molecule has 0 N–H and O–H groups in total. The average molecular weight is 431 g/mol. The number of fused-ring (bicyclic) bond motifs is 7. The van der Waals surface area contributed by atoms with Crippen molar-refractivity contribution in [2.75, 3.05) is 0 Å². The van der Waals surface area contributed by atoms with Crippen molar-refractivity contribution in [1.82, 2.24) is 0 Å². The fourth-order valence-electron chi connectivity index (χ4n) is 5.01. The van der Waals surface area contributed by atoms with Crippen molar-refractivity contribution in [3.63, 3.8) is 0 Å². The summed E-state index contributed by atoms with van der Waals surface area (Å²) in [6, 6.07) is 32.1. The minimum absolute atomic E-state index is 0.111. The topological polar surface area (TPSA) is 0 Å². The molecule has 0 amide bonds. The van der Waals surface area contributed by atoms with Crippen LogP contribution in [0, 0.1) is 0 Å². The van der Waals surface area contributed by atoms with Crippen LogP contribution in [0.3, 0.4) is 0 Å².